The zero-order valence-corrected chi connectivity index (χ0v) is 20.1. The molecule has 1 amide bonds. The van der Waals surface area contributed by atoms with Crippen molar-refractivity contribution in [1.82, 2.24) is 30.2 Å². The highest BCUT2D eigenvalue weighted by atomic mass is 16.1. The molecule has 1 aromatic carbocycles. The Labute approximate surface area is 209 Å². The number of benzene rings is 1. The van der Waals surface area contributed by atoms with E-state index in [1.807, 2.05) is 49.4 Å². The van der Waals surface area contributed by atoms with E-state index < -0.39 is 0 Å². The van der Waals surface area contributed by atoms with Gasteiger partial charge in [-0.1, -0.05) is 18.2 Å². The van der Waals surface area contributed by atoms with Gasteiger partial charge in [0.15, 0.2) is 5.82 Å². The minimum Gasteiger partial charge on any atom is -0.326 e. The maximum atomic E-state index is 12.3. The zero-order chi connectivity index (χ0) is 24.7. The molecule has 0 saturated carbocycles. The molecule has 1 aliphatic heterocycles. The largest absolute Gasteiger partial charge is 0.326 e. The van der Waals surface area contributed by atoms with E-state index in [4.69, 9.17) is 0 Å². The minimum atomic E-state index is 0.0478. The number of nitrogens with one attached hydrogen (secondary N) is 3. The van der Waals surface area contributed by atoms with E-state index >= 15 is 0 Å². The molecule has 9 nitrogen and oxygen atoms in total. The van der Waals surface area contributed by atoms with E-state index in [0.717, 1.165) is 36.5 Å². The predicted molar refractivity (Wildman–Crippen MR) is 139 cm³/mol. The second-order valence-electron chi connectivity index (χ2n) is 8.90. The van der Waals surface area contributed by atoms with Crippen molar-refractivity contribution in [3.8, 4) is 11.5 Å². The first-order valence-corrected chi connectivity index (χ1v) is 12.1. The third kappa shape index (κ3) is 6.25. The number of anilines is 3. The van der Waals surface area contributed by atoms with Crippen LogP contribution in [0.3, 0.4) is 0 Å². The summed E-state index contributed by atoms with van der Waals surface area (Å²) in [6.45, 7) is 3.96. The maximum absolute atomic E-state index is 12.3. The summed E-state index contributed by atoms with van der Waals surface area (Å²) in [7, 11) is 0. The van der Waals surface area contributed by atoms with Crippen molar-refractivity contribution in [3.05, 3.63) is 84.1 Å². The molecular weight excluding hydrogens is 452 g/mol. The second-order valence-corrected chi connectivity index (χ2v) is 8.90. The molecule has 0 radical (unpaired) electrons. The average Bonchev–Trinajstić information content (AvgIpc) is 2.84. The van der Waals surface area contributed by atoms with Gasteiger partial charge in [0.2, 0.25) is 5.91 Å². The van der Waals surface area contributed by atoms with Gasteiger partial charge in [-0.05, 0) is 74.3 Å². The molecule has 0 unspecified atom stereocenters. The van der Waals surface area contributed by atoms with Crippen LogP contribution in [0.2, 0.25) is 0 Å². The van der Waals surface area contributed by atoms with Crippen LogP contribution in [0.5, 0.6) is 0 Å². The Kier molecular flexibility index (Phi) is 7.18. The van der Waals surface area contributed by atoms with Crippen LogP contribution >= 0.6 is 0 Å². The Morgan fingerprint density at radius 3 is 2.58 bits per heavy atom. The summed E-state index contributed by atoms with van der Waals surface area (Å²) in [6.07, 6.45) is 5.41. The number of nitrogens with zero attached hydrogens (tertiary/aromatic N) is 5. The molecule has 0 bridgehead atoms. The van der Waals surface area contributed by atoms with Crippen molar-refractivity contribution >= 4 is 23.2 Å². The molecule has 4 aromatic rings. The van der Waals surface area contributed by atoms with E-state index in [0.29, 0.717) is 47.7 Å². The molecule has 5 rings (SSSR count). The van der Waals surface area contributed by atoms with Gasteiger partial charge in [0.25, 0.3) is 0 Å². The molecule has 3 N–H and O–H groups in total. The van der Waals surface area contributed by atoms with Crippen molar-refractivity contribution in [3.63, 3.8) is 0 Å². The van der Waals surface area contributed by atoms with Crippen LogP contribution in [0.4, 0.5) is 17.3 Å². The Morgan fingerprint density at radius 2 is 1.78 bits per heavy atom. The van der Waals surface area contributed by atoms with Gasteiger partial charge < -0.3 is 16.0 Å². The third-order valence-corrected chi connectivity index (χ3v) is 5.95. The van der Waals surface area contributed by atoms with E-state index in [1.54, 1.807) is 24.5 Å². The maximum Gasteiger partial charge on any atom is 0.224 e. The van der Waals surface area contributed by atoms with Crippen molar-refractivity contribution < 1.29 is 4.79 Å². The molecule has 1 saturated heterocycles. The van der Waals surface area contributed by atoms with Crippen LogP contribution in [0.1, 0.15) is 29.9 Å². The molecule has 9 heteroatoms. The number of rotatable bonds is 9. The van der Waals surface area contributed by atoms with E-state index in [9.17, 15) is 4.79 Å². The molecule has 0 atom stereocenters. The van der Waals surface area contributed by atoms with E-state index in [2.05, 4.69) is 40.9 Å². The third-order valence-electron chi connectivity index (χ3n) is 5.95. The smallest absolute Gasteiger partial charge is 0.224 e. The highest BCUT2D eigenvalue weighted by Gasteiger charge is 2.17. The number of pyridine rings is 1. The summed E-state index contributed by atoms with van der Waals surface area (Å²) in [5.74, 6) is 3.13. The summed E-state index contributed by atoms with van der Waals surface area (Å²) in [6, 6.07) is 17.2. The lowest BCUT2D eigenvalue weighted by Gasteiger charge is -2.26. The van der Waals surface area contributed by atoms with Crippen molar-refractivity contribution in [2.45, 2.75) is 26.2 Å². The van der Waals surface area contributed by atoms with Gasteiger partial charge in [-0.3, -0.25) is 4.79 Å². The topological polar surface area (TPSA) is 118 Å². The monoisotopic (exact) mass is 480 g/mol. The SMILES string of the molecule is Cc1cccc(-c2nccc(Nc3ccnc(Cc4cccc(NC(=O)CCC5CNC5)c4)n3)n2)n1. The lowest BCUT2D eigenvalue weighted by Crippen LogP contribution is -2.42. The van der Waals surface area contributed by atoms with Crippen molar-refractivity contribution in [2.24, 2.45) is 5.92 Å². The van der Waals surface area contributed by atoms with Crippen LogP contribution in [-0.2, 0) is 11.2 Å². The summed E-state index contributed by atoms with van der Waals surface area (Å²) >= 11 is 0. The standard InChI is InChI=1S/C27H28N8O/c1-18-4-2-7-22(31-18)27-30-13-11-24(35-27)33-23-10-12-29-25(34-23)15-19-5-3-6-21(14-19)32-26(36)9-8-20-16-28-17-20/h2-7,10-14,20,28H,8-9,15-17H2,1H3,(H,32,36)(H,29,30,33,34,35). The number of carbonyl (C=O) groups is 1. The van der Waals surface area contributed by atoms with Crippen molar-refractivity contribution in [2.75, 3.05) is 23.7 Å². The molecule has 4 heterocycles. The molecule has 1 fully saturated rings. The number of hydrogen-bond acceptors (Lipinski definition) is 8. The molecule has 0 spiro atoms. The lowest BCUT2D eigenvalue weighted by molar-refractivity contribution is -0.116. The number of carbonyl (C=O) groups excluding carboxylic acids is 1. The molecule has 1 aliphatic rings. The highest BCUT2D eigenvalue weighted by molar-refractivity contribution is 5.90. The molecule has 36 heavy (non-hydrogen) atoms. The first kappa shape index (κ1) is 23.5. The van der Waals surface area contributed by atoms with Crippen LogP contribution < -0.4 is 16.0 Å². The van der Waals surface area contributed by atoms with E-state index in [-0.39, 0.29) is 5.91 Å². The summed E-state index contributed by atoms with van der Waals surface area (Å²) < 4.78 is 0. The van der Waals surface area contributed by atoms with Gasteiger partial charge in [-0.25, -0.2) is 24.9 Å². The Hall–Kier alpha value is -4.24. The average molecular weight is 481 g/mol. The molecule has 0 aliphatic carbocycles. The Bertz CT molecular complexity index is 1350. The number of aryl methyl sites for hydroxylation is 1. The fourth-order valence-corrected chi connectivity index (χ4v) is 3.96. The molecule has 3 aromatic heterocycles. The fraction of sp³-hybridized carbons (Fsp3) is 0.259. The Morgan fingerprint density at radius 1 is 0.972 bits per heavy atom. The fourth-order valence-electron chi connectivity index (χ4n) is 3.96. The van der Waals surface area contributed by atoms with Gasteiger partial charge in [0.1, 0.15) is 23.2 Å². The summed E-state index contributed by atoms with van der Waals surface area (Å²) in [5.41, 5.74) is 3.43. The summed E-state index contributed by atoms with van der Waals surface area (Å²) in [4.78, 5) is 34.8. The summed E-state index contributed by atoms with van der Waals surface area (Å²) in [5, 5.41) is 9.48. The van der Waals surface area contributed by atoms with Gasteiger partial charge in [-0.2, -0.15) is 0 Å². The van der Waals surface area contributed by atoms with Crippen LogP contribution in [0.15, 0.2) is 67.0 Å². The number of hydrogen-bond donors (Lipinski definition) is 3. The highest BCUT2D eigenvalue weighted by Crippen LogP contribution is 2.19. The van der Waals surface area contributed by atoms with Gasteiger partial charge in [-0.15, -0.1) is 0 Å². The normalized spacial score (nSPS) is 13.1. The minimum absolute atomic E-state index is 0.0478. The lowest BCUT2D eigenvalue weighted by atomic mass is 9.97. The van der Waals surface area contributed by atoms with Crippen LogP contribution in [-0.4, -0.2) is 43.9 Å². The number of aromatic nitrogens is 5. The predicted octanol–water partition coefficient (Wildman–Crippen LogP) is 3.91. The van der Waals surface area contributed by atoms with Gasteiger partial charge >= 0.3 is 0 Å². The van der Waals surface area contributed by atoms with Gasteiger partial charge in [0.05, 0.1) is 0 Å². The first-order chi connectivity index (χ1) is 17.6. The molecular formula is C27H28N8O. The van der Waals surface area contributed by atoms with Crippen molar-refractivity contribution in [1.29, 1.82) is 0 Å². The van der Waals surface area contributed by atoms with Crippen LogP contribution in [0.25, 0.3) is 11.5 Å². The Balaban J connectivity index is 1.22. The van der Waals surface area contributed by atoms with E-state index in [1.165, 1.54) is 0 Å². The zero-order valence-electron chi connectivity index (χ0n) is 20.1. The van der Waals surface area contributed by atoms with Crippen LogP contribution in [0, 0.1) is 12.8 Å². The first-order valence-electron chi connectivity index (χ1n) is 12.1. The number of amides is 1. The quantitative estimate of drug-likeness (QED) is 0.330. The second kappa shape index (κ2) is 11.0. The van der Waals surface area contributed by atoms with Gasteiger partial charge in [0, 0.05) is 36.6 Å². The molecule has 182 valence electrons.